The molecule has 0 amide bonds. The van der Waals surface area contributed by atoms with Crippen molar-refractivity contribution < 1.29 is 8.42 Å². The molecule has 0 saturated carbocycles. The van der Waals surface area contributed by atoms with Crippen LogP contribution >= 0.6 is 34.5 Å². The number of sulfonamides is 1. The Bertz CT molecular complexity index is 700. The minimum atomic E-state index is -3.73. The van der Waals surface area contributed by atoms with Crippen LogP contribution in [-0.4, -0.2) is 15.5 Å². The number of halogens is 2. The highest BCUT2D eigenvalue weighted by Crippen LogP contribution is 2.30. The molecule has 1 aromatic carbocycles. The first-order valence-corrected chi connectivity index (χ1v) is 8.80. The molecule has 2 rings (SSSR count). The van der Waals surface area contributed by atoms with E-state index in [0.29, 0.717) is 22.8 Å². The number of anilines is 1. The van der Waals surface area contributed by atoms with Crippen molar-refractivity contribution in [1.82, 2.24) is 5.32 Å². The number of hydrogen-bond donors (Lipinski definition) is 2. The first-order valence-electron chi connectivity index (χ1n) is 5.61. The first kappa shape index (κ1) is 15.6. The Morgan fingerprint density at radius 2 is 2.00 bits per heavy atom. The van der Waals surface area contributed by atoms with Gasteiger partial charge in [-0.05, 0) is 36.2 Å². The lowest BCUT2D eigenvalue weighted by Crippen LogP contribution is -2.14. The van der Waals surface area contributed by atoms with Crippen molar-refractivity contribution in [2.45, 2.75) is 11.4 Å². The summed E-state index contributed by atoms with van der Waals surface area (Å²) in [6, 6.07) is 4.61. The zero-order valence-corrected chi connectivity index (χ0v) is 13.6. The summed E-state index contributed by atoms with van der Waals surface area (Å²) in [5.41, 5.74) is 1.18. The fourth-order valence-corrected chi connectivity index (χ4v) is 4.21. The number of thiophene rings is 1. The van der Waals surface area contributed by atoms with Gasteiger partial charge >= 0.3 is 0 Å². The third kappa shape index (κ3) is 3.45. The van der Waals surface area contributed by atoms with Crippen LogP contribution in [0.2, 0.25) is 10.0 Å². The summed E-state index contributed by atoms with van der Waals surface area (Å²) in [6.07, 6.45) is 0. The van der Waals surface area contributed by atoms with Gasteiger partial charge in [0, 0.05) is 16.9 Å². The summed E-state index contributed by atoms with van der Waals surface area (Å²) in [5, 5.41) is 6.94. The fraction of sp³-hybridized carbons (Fsp3) is 0.167. The van der Waals surface area contributed by atoms with Crippen LogP contribution < -0.4 is 10.0 Å². The molecule has 20 heavy (non-hydrogen) atoms. The Morgan fingerprint density at radius 1 is 1.25 bits per heavy atom. The van der Waals surface area contributed by atoms with Crippen LogP contribution in [0.4, 0.5) is 5.69 Å². The van der Waals surface area contributed by atoms with Crippen LogP contribution in [0.5, 0.6) is 0 Å². The van der Waals surface area contributed by atoms with Crippen molar-refractivity contribution in [2.75, 3.05) is 11.8 Å². The molecule has 1 heterocycles. The van der Waals surface area contributed by atoms with Crippen LogP contribution in [0.3, 0.4) is 0 Å². The van der Waals surface area contributed by atoms with E-state index in [2.05, 4.69) is 10.0 Å². The molecule has 8 heteroatoms. The molecule has 0 bridgehead atoms. The SMILES string of the molecule is CNCc1cc(S(=O)(=O)Nc2ccsc2)c(Cl)cc1Cl. The summed E-state index contributed by atoms with van der Waals surface area (Å²) < 4.78 is 27.1. The Morgan fingerprint density at radius 3 is 2.60 bits per heavy atom. The third-order valence-electron chi connectivity index (χ3n) is 2.53. The monoisotopic (exact) mass is 350 g/mol. The minimum Gasteiger partial charge on any atom is -0.316 e. The molecular formula is C12H12Cl2N2O2S2. The van der Waals surface area contributed by atoms with Gasteiger partial charge in [0.2, 0.25) is 0 Å². The lowest BCUT2D eigenvalue weighted by Gasteiger charge is -2.11. The van der Waals surface area contributed by atoms with E-state index < -0.39 is 10.0 Å². The Hall–Kier alpha value is -0.790. The van der Waals surface area contributed by atoms with E-state index in [9.17, 15) is 8.42 Å². The van der Waals surface area contributed by atoms with E-state index in [1.54, 1.807) is 23.9 Å². The maximum atomic E-state index is 12.3. The van der Waals surface area contributed by atoms with Gasteiger partial charge in [-0.2, -0.15) is 11.3 Å². The molecule has 2 aromatic rings. The highest BCUT2D eigenvalue weighted by Gasteiger charge is 2.20. The van der Waals surface area contributed by atoms with E-state index in [4.69, 9.17) is 23.2 Å². The minimum absolute atomic E-state index is 0.0139. The zero-order chi connectivity index (χ0) is 14.8. The predicted molar refractivity (Wildman–Crippen MR) is 84.4 cm³/mol. The second kappa shape index (κ2) is 6.32. The second-order valence-electron chi connectivity index (χ2n) is 4.02. The molecule has 1 aromatic heterocycles. The molecule has 0 aliphatic heterocycles. The van der Waals surface area contributed by atoms with Crippen molar-refractivity contribution in [1.29, 1.82) is 0 Å². The van der Waals surface area contributed by atoms with Gasteiger partial charge in [-0.25, -0.2) is 8.42 Å². The van der Waals surface area contributed by atoms with Gasteiger partial charge in [-0.1, -0.05) is 23.2 Å². The highest BCUT2D eigenvalue weighted by molar-refractivity contribution is 7.92. The molecule has 0 aliphatic carbocycles. The van der Waals surface area contributed by atoms with Gasteiger partial charge < -0.3 is 5.32 Å². The number of nitrogens with one attached hydrogen (secondary N) is 2. The van der Waals surface area contributed by atoms with E-state index in [0.717, 1.165) is 0 Å². The van der Waals surface area contributed by atoms with Gasteiger partial charge in [-0.3, -0.25) is 4.72 Å². The normalized spacial score (nSPS) is 11.6. The molecule has 0 fully saturated rings. The average molecular weight is 351 g/mol. The molecule has 0 atom stereocenters. The van der Waals surface area contributed by atoms with Gasteiger partial charge in [0.05, 0.1) is 10.7 Å². The van der Waals surface area contributed by atoms with Crippen LogP contribution in [0.1, 0.15) is 5.56 Å². The van der Waals surface area contributed by atoms with Gasteiger partial charge in [0.25, 0.3) is 10.0 Å². The molecule has 0 aliphatic rings. The molecule has 108 valence electrons. The largest absolute Gasteiger partial charge is 0.316 e. The highest BCUT2D eigenvalue weighted by atomic mass is 35.5. The topological polar surface area (TPSA) is 58.2 Å². The maximum absolute atomic E-state index is 12.3. The summed E-state index contributed by atoms with van der Waals surface area (Å²) in [7, 11) is -1.98. The molecular weight excluding hydrogens is 339 g/mol. The first-order chi connectivity index (χ1) is 9.44. The Balaban J connectivity index is 2.43. The lowest BCUT2D eigenvalue weighted by atomic mass is 10.2. The number of hydrogen-bond acceptors (Lipinski definition) is 4. The third-order valence-corrected chi connectivity index (χ3v) is 5.41. The van der Waals surface area contributed by atoms with Gasteiger partial charge in [0.1, 0.15) is 4.90 Å². The van der Waals surface area contributed by atoms with Crippen LogP contribution in [0, 0.1) is 0 Å². The predicted octanol–water partition coefficient (Wildman–Crippen LogP) is 3.58. The number of rotatable bonds is 5. The zero-order valence-electron chi connectivity index (χ0n) is 10.5. The van der Waals surface area contributed by atoms with Crippen molar-refractivity contribution in [2.24, 2.45) is 0 Å². The summed E-state index contributed by atoms with van der Waals surface area (Å²) in [4.78, 5) is 0.0139. The van der Waals surface area contributed by atoms with Crippen LogP contribution in [-0.2, 0) is 16.6 Å². The van der Waals surface area contributed by atoms with E-state index in [1.807, 2.05) is 0 Å². The standard InChI is InChI=1S/C12H12Cl2N2O2S2/c1-15-6-8-4-12(11(14)5-10(8)13)20(17,18)16-9-2-3-19-7-9/h2-5,7,15-16H,6H2,1H3. The summed E-state index contributed by atoms with van der Waals surface area (Å²) in [6.45, 7) is 0.455. The average Bonchev–Trinajstić information content (AvgIpc) is 2.84. The Labute approximate surface area is 131 Å². The van der Waals surface area contributed by atoms with Crippen molar-refractivity contribution in [3.63, 3.8) is 0 Å². The van der Waals surface area contributed by atoms with Crippen molar-refractivity contribution >= 4 is 50.2 Å². The van der Waals surface area contributed by atoms with Crippen molar-refractivity contribution in [3.8, 4) is 0 Å². The summed E-state index contributed by atoms with van der Waals surface area (Å²) >= 11 is 13.4. The quantitative estimate of drug-likeness (QED) is 0.866. The second-order valence-corrected chi connectivity index (χ2v) is 7.27. The van der Waals surface area contributed by atoms with E-state index in [1.165, 1.54) is 23.5 Å². The number of benzene rings is 1. The Kier molecular flexibility index (Phi) is 4.93. The fourth-order valence-electron chi connectivity index (χ4n) is 1.64. The van der Waals surface area contributed by atoms with Gasteiger partial charge in [0.15, 0.2) is 0 Å². The summed E-state index contributed by atoms with van der Waals surface area (Å²) in [5.74, 6) is 0. The molecule has 2 N–H and O–H groups in total. The maximum Gasteiger partial charge on any atom is 0.263 e. The smallest absolute Gasteiger partial charge is 0.263 e. The lowest BCUT2D eigenvalue weighted by molar-refractivity contribution is 0.601. The molecule has 0 unspecified atom stereocenters. The van der Waals surface area contributed by atoms with Crippen molar-refractivity contribution in [3.05, 3.63) is 44.6 Å². The molecule has 0 radical (unpaired) electrons. The van der Waals surface area contributed by atoms with E-state index in [-0.39, 0.29) is 9.92 Å². The van der Waals surface area contributed by atoms with Crippen LogP contribution in [0.25, 0.3) is 0 Å². The van der Waals surface area contributed by atoms with Crippen LogP contribution in [0.15, 0.2) is 33.9 Å². The molecule has 4 nitrogen and oxygen atoms in total. The van der Waals surface area contributed by atoms with Gasteiger partial charge in [-0.15, -0.1) is 0 Å². The van der Waals surface area contributed by atoms with E-state index >= 15 is 0 Å². The molecule has 0 spiro atoms. The molecule has 0 saturated heterocycles.